The highest BCUT2D eigenvalue weighted by atomic mass is 32.1. The summed E-state index contributed by atoms with van der Waals surface area (Å²) in [6.07, 6.45) is 0. The Morgan fingerprint density at radius 2 is 1.84 bits per heavy atom. The molecule has 0 saturated heterocycles. The van der Waals surface area contributed by atoms with Gasteiger partial charge in [-0.25, -0.2) is 9.37 Å². The summed E-state index contributed by atoms with van der Waals surface area (Å²) in [5, 5.41) is 5.24. The number of hydrogen-bond donors (Lipinski definition) is 1. The van der Waals surface area contributed by atoms with Gasteiger partial charge in [0.05, 0.1) is 7.11 Å². The van der Waals surface area contributed by atoms with Gasteiger partial charge in [0.2, 0.25) is 0 Å². The van der Waals surface area contributed by atoms with Crippen LogP contribution in [0.4, 0.5) is 10.1 Å². The van der Waals surface area contributed by atoms with Gasteiger partial charge in [0, 0.05) is 22.2 Å². The molecule has 4 rings (SSSR count). The number of nitrogens with one attached hydrogen (secondary N) is 1. The highest BCUT2D eigenvalue weighted by molar-refractivity contribution is 7.13. The molecular weight excluding hydrogens is 427 g/mol. The number of nitrogens with zero attached hydrogens (tertiary/aromatic N) is 1. The van der Waals surface area contributed by atoms with Crippen molar-refractivity contribution in [3.8, 4) is 22.1 Å². The van der Waals surface area contributed by atoms with Gasteiger partial charge in [-0.3, -0.25) is 4.79 Å². The van der Waals surface area contributed by atoms with Gasteiger partial charge in [-0.15, -0.1) is 11.3 Å². The van der Waals surface area contributed by atoms with Gasteiger partial charge in [0.15, 0.2) is 11.5 Å². The molecule has 1 amide bonds. The Bertz CT molecular complexity index is 1240. The van der Waals surface area contributed by atoms with E-state index in [4.69, 9.17) is 9.47 Å². The smallest absolute Gasteiger partial charge is 0.275 e. The van der Waals surface area contributed by atoms with Crippen molar-refractivity contribution in [1.29, 1.82) is 0 Å². The highest BCUT2D eigenvalue weighted by Crippen LogP contribution is 2.34. The van der Waals surface area contributed by atoms with Crippen LogP contribution < -0.4 is 14.8 Å². The van der Waals surface area contributed by atoms with Gasteiger partial charge >= 0.3 is 0 Å². The minimum atomic E-state index is -0.317. The molecule has 0 spiro atoms. The van der Waals surface area contributed by atoms with Crippen molar-refractivity contribution in [3.63, 3.8) is 0 Å². The average molecular weight is 449 g/mol. The van der Waals surface area contributed by atoms with E-state index in [9.17, 15) is 9.18 Å². The lowest BCUT2D eigenvalue weighted by atomic mass is 10.2. The molecule has 0 aliphatic rings. The summed E-state index contributed by atoms with van der Waals surface area (Å²) in [6.45, 7) is 2.08. The second kappa shape index (κ2) is 9.62. The number of aromatic nitrogens is 1. The van der Waals surface area contributed by atoms with Gasteiger partial charge in [0.25, 0.3) is 5.91 Å². The van der Waals surface area contributed by atoms with Crippen molar-refractivity contribution in [3.05, 3.63) is 94.7 Å². The molecule has 0 bridgehead atoms. The summed E-state index contributed by atoms with van der Waals surface area (Å²) in [5.74, 6) is 0.406. The maximum absolute atomic E-state index is 13.8. The Morgan fingerprint density at radius 1 is 1.06 bits per heavy atom. The molecule has 1 aromatic heterocycles. The van der Waals surface area contributed by atoms with Gasteiger partial charge in [0.1, 0.15) is 23.1 Å². The van der Waals surface area contributed by atoms with Crippen LogP contribution in [0.1, 0.15) is 21.6 Å². The summed E-state index contributed by atoms with van der Waals surface area (Å²) in [4.78, 5) is 17.0. The minimum absolute atomic E-state index is 0.0863. The van der Waals surface area contributed by atoms with Crippen LogP contribution in [0.2, 0.25) is 0 Å². The van der Waals surface area contributed by atoms with E-state index in [0.717, 1.165) is 11.1 Å². The number of carbonyl (C=O) groups is 1. The molecule has 0 atom stereocenters. The standard InChI is InChI=1S/C25H21FN2O3S/c1-16-7-10-19(11-8-16)27-24(29)21-15-32-25(28-21)17-9-12-22(23(13-17)30-2)31-14-18-5-3-4-6-20(18)26/h3-13,15H,14H2,1-2H3,(H,27,29). The van der Waals surface area contributed by atoms with Crippen LogP contribution in [0.3, 0.4) is 0 Å². The molecule has 4 aromatic rings. The molecule has 0 aliphatic heterocycles. The second-order valence-corrected chi connectivity index (χ2v) is 7.96. The third-order valence-electron chi connectivity index (χ3n) is 4.80. The fraction of sp³-hybridized carbons (Fsp3) is 0.120. The number of carbonyl (C=O) groups excluding carboxylic acids is 1. The topological polar surface area (TPSA) is 60.5 Å². The van der Waals surface area contributed by atoms with Crippen LogP contribution in [0.15, 0.2) is 72.1 Å². The van der Waals surface area contributed by atoms with Crippen molar-refractivity contribution >= 4 is 22.9 Å². The van der Waals surface area contributed by atoms with Gasteiger partial charge in [-0.2, -0.15) is 0 Å². The summed E-state index contributed by atoms with van der Waals surface area (Å²) >= 11 is 1.36. The number of hydrogen-bond acceptors (Lipinski definition) is 5. The van der Waals surface area contributed by atoms with Crippen LogP contribution in [-0.4, -0.2) is 18.0 Å². The van der Waals surface area contributed by atoms with E-state index in [1.807, 2.05) is 37.3 Å². The zero-order valence-corrected chi connectivity index (χ0v) is 18.4. The molecule has 0 unspecified atom stereocenters. The maximum Gasteiger partial charge on any atom is 0.275 e. The Morgan fingerprint density at radius 3 is 2.59 bits per heavy atom. The number of amides is 1. The first kappa shape index (κ1) is 21.5. The predicted octanol–water partition coefficient (Wildman–Crippen LogP) is 6.10. The number of benzene rings is 3. The normalized spacial score (nSPS) is 10.6. The van der Waals surface area contributed by atoms with Crippen LogP contribution in [0.25, 0.3) is 10.6 Å². The highest BCUT2D eigenvalue weighted by Gasteiger charge is 2.15. The van der Waals surface area contributed by atoms with Crippen LogP contribution in [0.5, 0.6) is 11.5 Å². The molecule has 32 heavy (non-hydrogen) atoms. The van der Waals surface area contributed by atoms with Crippen molar-refractivity contribution < 1.29 is 18.7 Å². The fourth-order valence-electron chi connectivity index (χ4n) is 3.03. The summed E-state index contributed by atoms with van der Waals surface area (Å²) in [6, 6.07) is 19.4. The summed E-state index contributed by atoms with van der Waals surface area (Å²) in [5.41, 5.74) is 3.43. The van der Waals surface area contributed by atoms with Crippen molar-refractivity contribution in [2.45, 2.75) is 13.5 Å². The van der Waals surface area contributed by atoms with Gasteiger partial charge in [-0.05, 0) is 43.3 Å². The van der Waals surface area contributed by atoms with Crippen LogP contribution in [-0.2, 0) is 6.61 Å². The minimum Gasteiger partial charge on any atom is -0.493 e. The molecule has 7 heteroatoms. The van der Waals surface area contributed by atoms with Crippen LogP contribution in [0, 0.1) is 12.7 Å². The van der Waals surface area contributed by atoms with E-state index < -0.39 is 0 Å². The fourth-order valence-corrected chi connectivity index (χ4v) is 3.83. The molecule has 1 N–H and O–H groups in total. The number of methoxy groups -OCH3 is 1. The van der Waals surface area contributed by atoms with E-state index in [1.165, 1.54) is 24.5 Å². The SMILES string of the molecule is COc1cc(-c2nc(C(=O)Nc3ccc(C)cc3)cs2)ccc1OCc1ccccc1F. The number of ether oxygens (including phenoxy) is 2. The molecule has 0 radical (unpaired) electrons. The Hall–Kier alpha value is -3.71. The predicted molar refractivity (Wildman–Crippen MR) is 124 cm³/mol. The molecule has 3 aromatic carbocycles. The van der Waals surface area contributed by atoms with E-state index in [0.29, 0.717) is 33.5 Å². The van der Waals surface area contributed by atoms with E-state index in [2.05, 4.69) is 10.3 Å². The van der Waals surface area contributed by atoms with Crippen molar-refractivity contribution in [2.75, 3.05) is 12.4 Å². The Kier molecular flexibility index (Phi) is 6.47. The van der Waals surface area contributed by atoms with Crippen molar-refractivity contribution in [1.82, 2.24) is 4.98 Å². The molecule has 0 fully saturated rings. The number of aryl methyl sites for hydroxylation is 1. The molecular formula is C25H21FN2O3S. The van der Waals surface area contributed by atoms with E-state index in [-0.39, 0.29) is 18.3 Å². The number of halogens is 1. The Balaban J connectivity index is 1.48. The summed E-state index contributed by atoms with van der Waals surface area (Å²) in [7, 11) is 1.54. The largest absolute Gasteiger partial charge is 0.493 e. The maximum atomic E-state index is 13.8. The monoisotopic (exact) mass is 448 g/mol. The number of anilines is 1. The van der Waals surface area contributed by atoms with E-state index in [1.54, 1.807) is 35.7 Å². The average Bonchev–Trinajstić information content (AvgIpc) is 3.30. The van der Waals surface area contributed by atoms with Gasteiger partial charge in [-0.1, -0.05) is 35.9 Å². The molecule has 0 aliphatic carbocycles. The Labute approximate surface area is 189 Å². The molecule has 5 nitrogen and oxygen atoms in total. The lowest BCUT2D eigenvalue weighted by Gasteiger charge is -2.12. The quantitative estimate of drug-likeness (QED) is 0.371. The number of rotatable bonds is 7. The van der Waals surface area contributed by atoms with Crippen LogP contribution >= 0.6 is 11.3 Å². The molecule has 0 saturated carbocycles. The van der Waals surface area contributed by atoms with E-state index >= 15 is 0 Å². The second-order valence-electron chi connectivity index (χ2n) is 7.10. The lowest BCUT2D eigenvalue weighted by molar-refractivity contribution is 0.102. The number of thiazole rings is 1. The lowest BCUT2D eigenvalue weighted by Crippen LogP contribution is -2.12. The third-order valence-corrected chi connectivity index (χ3v) is 5.69. The van der Waals surface area contributed by atoms with Gasteiger partial charge < -0.3 is 14.8 Å². The zero-order valence-electron chi connectivity index (χ0n) is 17.6. The zero-order chi connectivity index (χ0) is 22.5. The third kappa shape index (κ3) is 4.95. The first-order valence-corrected chi connectivity index (χ1v) is 10.8. The first-order chi connectivity index (χ1) is 15.5. The summed E-state index contributed by atoms with van der Waals surface area (Å²) < 4.78 is 25.0. The first-order valence-electron chi connectivity index (χ1n) is 9.91. The van der Waals surface area contributed by atoms with Crippen molar-refractivity contribution in [2.24, 2.45) is 0 Å². The molecule has 1 heterocycles. The molecule has 162 valence electrons.